The van der Waals surface area contributed by atoms with Crippen LogP contribution in [0.2, 0.25) is 0 Å². The first-order valence-corrected chi connectivity index (χ1v) is 8.56. The van der Waals surface area contributed by atoms with Crippen LogP contribution in [0.3, 0.4) is 0 Å². The number of ether oxygens (including phenoxy) is 1. The van der Waals surface area contributed by atoms with E-state index in [0.717, 1.165) is 31.9 Å². The molecule has 0 saturated carbocycles. The van der Waals surface area contributed by atoms with Crippen LogP contribution in [0.4, 0.5) is 5.82 Å². The van der Waals surface area contributed by atoms with E-state index in [0.29, 0.717) is 19.6 Å². The Morgan fingerprint density at radius 3 is 3.00 bits per heavy atom. The molecule has 0 N–H and O–H groups in total. The lowest BCUT2D eigenvalue weighted by Crippen LogP contribution is -2.54. The smallest absolute Gasteiger partial charge is 0.222 e. The van der Waals surface area contributed by atoms with Crippen molar-refractivity contribution in [2.45, 2.75) is 32.6 Å². The number of piperidine rings is 2. The maximum absolute atomic E-state index is 12.2. The van der Waals surface area contributed by atoms with Gasteiger partial charge in [-0.15, -0.1) is 0 Å². The van der Waals surface area contributed by atoms with Gasteiger partial charge in [0, 0.05) is 51.3 Å². The maximum Gasteiger partial charge on any atom is 0.222 e. The zero-order valence-corrected chi connectivity index (χ0v) is 14.3. The minimum absolute atomic E-state index is 0.214. The number of hydrogen-bond acceptors (Lipinski definition) is 4. The maximum atomic E-state index is 12.2. The lowest BCUT2D eigenvalue weighted by Gasteiger charge is -2.48. The van der Waals surface area contributed by atoms with Crippen LogP contribution in [0.15, 0.2) is 18.3 Å². The van der Waals surface area contributed by atoms with Crippen molar-refractivity contribution in [2.75, 3.05) is 44.8 Å². The largest absolute Gasteiger partial charge is 0.383 e. The van der Waals surface area contributed by atoms with E-state index in [2.05, 4.69) is 22.9 Å². The minimum atomic E-state index is 0.214. The molecule has 23 heavy (non-hydrogen) atoms. The molecule has 2 fully saturated rings. The third kappa shape index (κ3) is 3.66. The van der Waals surface area contributed by atoms with Crippen LogP contribution in [0.25, 0.3) is 0 Å². The fourth-order valence-electron chi connectivity index (χ4n) is 3.94. The topological polar surface area (TPSA) is 45.7 Å². The Kier molecular flexibility index (Phi) is 4.85. The first kappa shape index (κ1) is 16.2. The Labute approximate surface area is 138 Å². The van der Waals surface area contributed by atoms with E-state index >= 15 is 0 Å². The Bertz CT molecular complexity index is 563. The number of methoxy groups -OCH3 is 1. The zero-order valence-electron chi connectivity index (χ0n) is 14.3. The molecule has 1 atom stereocenters. The van der Waals surface area contributed by atoms with E-state index in [9.17, 15) is 4.79 Å². The number of anilines is 1. The van der Waals surface area contributed by atoms with Crippen LogP contribution in [0.1, 0.15) is 31.2 Å². The van der Waals surface area contributed by atoms with Crippen molar-refractivity contribution in [3.8, 4) is 0 Å². The van der Waals surface area contributed by atoms with Crippen molar-refractivity contribution in [1.29, 1.82) is 0 Å². The van der Waals surface area contributed by atoms with Crippen molar-refractivity contribution < 1.29 is 9.53 Å². The zero-order chi connectivity index (χ0) is 16.3. The summed E-state index contributed by atoms with van der Waals surface area (Å²) in [6.07, 6.45) is 5.92. The molecule has 5 nitrogen and oxygen atoms in total. The number of hydrogen-bond donors (Lipinski definition) is 0. The van der Waals surface area contributed by atoms with Gasteiger partial charge in [-0.3, -0.25) is 4.79 Å². The number of carbonyl (C=O) groups excluding carboxylic acids is 1. The summed E-state index contributed by atoms with van der Waals surface area (Å²) in [4.78, 5) is 21.1. The summed E-state index contributed by atoms with van der Waals surface area (Å²) < 4.78 is 5.16. The molecular formula is C18H27N3O2. The van der Waals surface area contributed by atoms with Gasteiger partial charge in [0.05, 0.1) is 6.61 Å². The molecule has 5 heteroatoms. The number of rotatable bonds is 4. The quantitative estimate of drug-likeness (QED) is 0.854. The second kappa shape index (κ2) is 6.87. The van der Waals surface area contributed by atoms with Crippen molar-refractivity contribution in [1.82, 2.24) is 9.88 Å². The molecule has 0 radical (unpaired) electrons. The van der Waals surface area contributed by atoms with Gasteiger partial charge < -0.3 is 14.5 Å². The van der Waals surface area contributed by atoms with E-state index in [-0.39, 0.29) is 11.3 Å². The Morgan fingerprint density at radius 2 is 2.22 bits per heavy atom. The summed E-state index contributed by atoms with van der Waals surface area (Å²) in [5.74, 6) is 1.35. The summed E-state index contributed by atoms with van der Waals surface area (Å²) in [6.45, 7) is 6.35. The van der Waals surface area contributed by atoms with Crippen molar-refractivity contribution >= 4 is 11.7 Å². The Balaban J connectivity index is 1.72. The number of amides is 1. The summed E-state index contributed by atoms with van der Waals surface area (Å²) in [5, 5.41) is 0. The van der Waals surface area contributed by atoms with Crippen LogP contribution in [0.5, 0.6) is 0 Å². The normalized spacial score (nSPS) is 25.2. The molecule has 2 aliphatic heterocycles. The van der Waals surface area contributed by atoms with Crippen LogP contribution in [-0.4, -0.2) is 55.7 Å². The van der Waals surface area contributed by atoms with E-state index in [1.54, 1.807) is 7.11 Å². The monoisotopic (exact) mass is 317 g/mol. The van der Waals surface area contributed by atoms with Gasteiger partial charge in [-0.2, -0.15) is 0 Å². The fraction of sp³-hybridized carbons (Fsp3) is 0.667. The highest BCUT2D eigenvalue weighted by molar-refractivity contribution is 5.77. The number of aryl methyl sites for hydroxylation is 1. The molecule has 1 unspecified atom stereocenters. The Morgan fingerprint density at radius 1 is 1.35 bits per heavy atom. The lowest BCUT2D eigenvalue weighted by atomic mass is 9.73. The Hall–Kier alpha value is -1.62. The summed E-state index contributed by atoms with van der Waals surface area (Å²) in [7, 11) is 1.69. The van der Waals surface area contributed by atoms with Crippen molar-refractivity contribution in [2.24, 2.45) is 5.41 Å². The second-order valence-corrected chi connectivity index (χ2v) is 7.02. The second-order valence-electron chi connectivity index (χ2n) is 7.02. The van der Waals surface area contributed by atoms with Crippen LogP contribution >= 0.6 is 0 Å². The number of carbonyl (C=O) groups is 1. The highest BCUT2D eigenvalue weighted by Crippen LogP contribution is 2.39. The molecule has 1 aromatic rings. The molecule has 2 saturated heterocycles. The van der Waals surface area contributed by atoms with Crippen LogP contribution < -0.4 is 4.90 Å². The third-order valence-electron chi connectivity index (χ3n) is 5.20. The van der Waals surface area contributed by atoms with Gasteiger partial charge in [0.25, 0.3) is 0 Å². The first-order valence-electron chi connectivity index (χ1n) is 8.56. The molecule has 1 amide bonds. The first-order chi connectivity index (χ1) is 11.1. The van der Waals surface area contributed by atoms with Crippen molar-refractivity contribution in [3.05, 3.63) is 23.9 Å². The predicted octanol–water partition coefficient (Wildman–Crippen LogP) is 2.25. The summed E-state index contributed by atoms with van der Waals surface area (Å²) >= 11 is 0. The van der Waals surface area contributed by atoms with E-state index in [1.165, 1.54) is 18.4 Å². The lowest BCUT2D eigenvalue weighted by molar-refractivity contribution is -0.138. The minimum Gasteiger partial charge on any atom is -0.383 e. The van der Waals surface area contributed by atoms with Crippen LogP contribution in [-0.2, 0) is 9.53 Å². The predicted molar refractivity (Wildman–Crippen MR) is 90.5 cm³/mol. The van der Waals surface area contributed by atoms with Crippen LogP contribution in [0, 0.1) is 12.3 Å². The van der Waals surface area contributed by atoms with Gasteiger partial charge in [-0.1, -0.05) is 0 Å². The molecule has 3 heterocycles. The van der Waals surface area contributed by atoms with Gasteiger partial charge in [0.1, 0.15) is 5.82 Å². The molecule has 0 aromatic carbocycles. The molecule has 1 spiro atoms. The average Bonchev–Trinajstić information content (AvgIpc) is 2.56. The molecule has 1 aromatic heterocycles. The molecule has 3 rings (SSSR count). The molecule has 126 valence electrons. The van der Waals surface area contributed by atoms with Gasteiger partial charge in [-0.05, 0) is 43.9 Å². The number of likely N-dealkylation sites (tertiary alicyclic amines) is 1. The van der Waals surface area contributed by atoms with Gasteiger partial charge in [0.2, 0.25) is 5.91 Å². The molecule has 0 bridgehead atoms. The molecular weight excluding hydrogens is 290 g/mol. The van der Waals surface area contributed by atoms with E-state index in [4.69, 9.17) is 4.74 Å². The van der Waals surface area contributed by atoms with Crippen molar-refractivity contribution in [3.63, 3.8) is 0 Å². The summed E-state index contributed by atoms with van der Waals surface area (Å²) in [6, 6.07) is 4.20. The van der Waals surface area contributed by atoms with Gasteiger partial charge in [-0.25, -0.2) is 4.98 Å². The highest BCUT2D eigenvalue weighted by atomic mass is 16.5. The molecule has 0 aliphatic carbocycles. The average molecular weight is 317 g/mol. The van der Waals surface area contributed by atoms with E-state index < -0.39 is 0 Å². The van der Waals surface area contributed by atoms with Gasteiger partial charge >= 0.3 is 0 Å². The highest BCUT2D eigenvalue weighted by Gasteiger charge is 2.41. The van der Waals surface area contributed by atoms with E-state index in [1.807, 2.05) is 17.2 Å². The standard InChI is InChI=1S/C18H27N3O2/c1-15-5-8-19-16(12-15)20-9-3-6-18(13-20)7-4-17(22)21(14-18)10-11-23-2/h5,8,12H,3-4,6-7,9-11,13-14H2,1-2H3. The summed E-state index contributed by atoms with van der Waals surface area (Å²) in [5.41, 5.74) is 1.46. The SMILES string of the molecule is COCCN1CC2(CCCN(c3cc(C)ccn3)C2)CCC1=O. The number of nitrogens with zero attached hydrogens (tertiary/aromatic N) is 3. The number of pyridine rings is 1. The van der Waals surface area contributed by atoms with Gasteiger partial charge in [0.15, 0.2) is 0 Å². The number of aromatic nitrogens is 1. The third-order valence-corrected chi connectivity index (χ3v) is 5.20. The fourth-order valence-corrected chi connectivity index (χ4v) is 3.94. The molecule has 2 aliphatic rings.